The van der Waals surface area contributed by atoms with E-state index < -0.39 is 0 Å². The lowest BCUT2D eigenvalue weighted by molar-refractivity contribution is 0.320. The highest BCUT2D eigenvalue weighted by Gasteiger charge is 2.46. The van der Waals surface area contributed by atoms with E-state index in [1.54, 1.807) is 0 Å². The van der Waals surface area contributed by atoms with Gasteiger partial charge in [0, 0.05) is 0 Å². The Morgan fingerprint density at radius 2 is 2.00 bits per heavy atom. The molecule has 0 aromatic carbocycles. The molecule has 1 heteroatoms. The highest BCUT2D eigenvalue weighted by Crippen LogP contribution is 2.38. The fraction of sp³-hybridized carbons (Fsp3) is 0.600. The molecular formula is C15H24O. The van der Waals surface area contributed by atoms with Gasteiger partial charge in [0.05, 0.1) is 11.7 Å². The Morgan fingerprint density at radius 3 is 2.50 bits per heavy atom. The van der Waals surface area contributed by atoms with E-state index in [1.807, 2.05) is 6.08 Å². The van der Waals surface area contributed by atoms with Crippen LogP contribution in [0.2, 0.25) is 0 Å². The maximum atomic E-state index is 5.56. The Hall–Kier alpha value is -0.820. The first-order chi connectivity index (χ1) is 7.45. The minimum Gasteiger partial charge on any atom is -0.367 e. The van der Waals surface area contributed by atoms with Gasteiger partial charge in [-0.3, -0.25) is 0 Å². The van der Waals surface area contributed by atoms with Crippen molar-refractivity contribution in [3.05, 3.63) is 36.5 Å². The normalized spacial score (nSPS) is 22.9. The molecule has 0 aromatic heterocycles. The number of hydrogen-bond donors (Lipinski definition) is 0. The van der Waals surface area contributed by atoms with Crippen molar-refractivity contribution in [1.29, 1.82) is 0 Å². The number of hydrogen-bond acceptors (Lipinski definition) is 1. The van der Waals surface area contributed by atoms with Gasteiger partial charge < -0.3 is 4.74 Å². The molecule has 1 nitrogen and oxygen atoms in total. The third kappa shape index (κ3) is 4.36. The predicted octanol–water partition coefficient (Wildman–Crippen LogP) is 4.41. The maximum absolute atomic E-state index is 5.56. The van der Waals surface area contributed by atoms with E-state index in [9.17, 15) is 0 Å². The second-order valence-corrected chi connectivity index (χ2v) is 5.20. The molecule has 0 radical (unpaired) electrons. The van der Waals surface area contributed by atoms with Crippen molar-refractivity contribution < 1.29 is 4.74 Å². The second-order valence-electron chi connectivity index (χ2n) is 5.20. The fourth-order valence-electron chi connectivity index (χ4n) is 1.81. The highest BCUT2D eigenvalue weighted by molar-refractivity contribution is 5.12. The summed E-state index contributed by atoms with van der Waals surface area (Å²) in [5.41, 5.74) is 2.72. The summed E-state index contributed by atoms with van der Waals surface area (Å²) in [6, 6.07) is 0. The first-order valence-corrected chi connectivity index (χ1v) is 6.09. The molecule has 0 saturated carbocycles. The number of allylic oxidation sites excluding steroid dienone is 4. The fourth-order valence-corrected chi connectivity index (χ4v) is 1.81. The van der Waals surface area contributed by atoms with Crippen molar-refractivity contribution in [2.75, 3.05) is 0 Å². The molecule has 0 aromatic rings. The van der Waals surface area contributed by atoms with Gasteiger partial charge in [0.15, 0.2) is 0 Å². The van der Waals surface area contributed by atoms with Crippen LogP contribution in [0, 0.1) is 0 Å². The SMILES string of the molecule is C=CC(=C)CC/C=C(\C)CC[C@@H]1OC1(C)C. The maximum Gasteiger partial charge on any atom is 0.0892 e. The summed E-state index contributed by atoms with van der Waals surface area (Å²) >= 11 is 0. The van der Waals surface area contributed by atoms with E-state index in [2.05, 4.69) is 40.0 Å². The number of ether oxygens (including phenoxy) is 1. The van der Waals surface area contributed by atoms with E-state index in [4.69, 9.17) is 4.74 Å². The molecule has 1 atom stereocenters. The van der Waals surface area contributed by atoms with E-state index in [1.165, 1.54) is 5.57 Å². The third-order valence-electron chi connectivity index (χ3n) is 3.21. The first-order valence-electron chi connectivity index (χ1n) is 6.09. The molecule has 1 saturated heterocycles. The van der Waals surface area contributed by atoms with E-state index in [0.29, 0.717) is 6.10 Å². The minimum atomic E-state index is 0.136. The monoisotopic (exact) mass is 220 g/mol. The van der Waals surface area contributed by atoms with Gasteiger partial charge in [0.1, 0.15) is 0 Å². The second kappa shape index (κ2) is 5.49. The lowest BCUT2D eigenvalue weighted by Gasteiger charge is -2.01. The number of epoxide rings is 1. The molecular weight excluding hydrogens is 196 g/mol. The Morgan fingerprint density at radius 1 is 1.38 bits per heavy atom. The molecule has 0 bridgehead atoms. The lowest BCUT2D eigenvalue weighted by atomic mass is 10.0. The minimum absolute atomic E-state index is 0.136. The highest BCUT2D eigenvalue weighted by atomic mass is 16.6. The van der Waals surface area contributed by atoms with Crippen molar-refractivity contribution in [3.8, 4) is 0 Å². The number of rotatable bonds is 7. The van der Waals surface area contributed by atoms with Gasteiger partial charge in [-0.05, 0) is 46.5 Å². The Kier molecular flexibility index (Phi) is 4.55. The van der Waals surface area contributed by atoms with Gasteiger partial charge in [-0.15, -0.1) is 0 Å². The zero-order chi connectivity index (χ0) is 12.2. The summed E-state index contributed by atoms with van der Waals surface area (Å²) in [5.74, 6) is 0. The Bertz CT molecular complexity index is 297. The molecule has 1 aliphatic heterocycles. The average molecular weight is 220 g/mol. The molecule has 0 unspecified atom stereocenters. The van der Waals surface area contributed by atoms with Gasteiger partial charge in [-0.2, -0.15) is 0 Å². The first kappa shape index (κ1) is 13.2. The van der Waals surface area contributed by atoms with E-state index in [-0.39, 0.29) is 5.60 Å². The van der Waals surface area contributed by atoms with Gasteiger partial charge in [-0.25, -0.2) is 0 Å². The zero-order valence-corrected chi connectivity index (χ0v) is 10.9. The standard InChI is InChI=1S/C15H24O/c1-6-12(2)8-7-9-13(3)10-11-14-15(4,5)16-14/h6,9,14H,1-2,7-8,10-11H2,3-5H3/b13-9+/t14-/m0/s1. The Labute approximate surface area is 99.9 Å². The molecule has 16 heavy (non-hydrogen) atoms. The summed E-state index contributed by atoms with van der Waals surface area (Å²) in [5, 5.41) is 0. The summed E-state index contributed by atoms with van der Waals surface area (Å²) in [4.78, 5) is 0. The molecule has 0 amide bonds. The molecule has 1 heterocycles. The van der Waals surface area contributed by atoms with Gasteiger partial charge in [0.2, 0.25) is 0 Å². The summed E-state index contributed by atoms with van der Waals surface area (Å²) in [7, 11) is 0. The van der Waals surface area contributed by atoms with Crippen LogP contribution >= 0.6 is 0 Å². The predicted molar refractivity (Wildman–Crippen MR) is 70.5 cm³/mol. The van der Waals surface area contributed by atoms with Crippen molar-refractivity contribution in [2.45, 2.75) is 58.2 Å². The van der Waals surface area contributed by atoms with Crippen LogP contribution in [0.1, 0.15) is 46.5 Å². The molecule has 0 spiro atoms. The largest absolute Gasteiger partial charge is 0.367 e. The van der Waals surface area contributed by atoms with Gasteiger partial charge >= 0.3 is 0 Å². The molecule has 1 fully saturated rings. The zero-order valence-electron chi connectivity index (χ0n) is 10.9. The van der Waals surface area contributed by atoms with Crippen LogP contribution in [0.25, 0.3) is 0 Å². The van der Waals surface area contributed by atoms with Gasteiger partial charge in [0.25, 0.3) is 0 Å². The van der Waals surface area contributed by atoms with Crippen molar-refractivity contribution in [1.82, 2.24) is 0 Å². The van der Waals surface area contributed by atoms with Crippen molar-refractivity contribution >= 4 is 0 Å². The molecule has 0 N–H and O–H groups in total. The quantitative estimate of drug-likeness (QED) is 0.351. The molecule has 90 valence electrons. The van der Waals surface area contributed by atoms with Crippen LogP contribution < -0.4 is 0 Å². The summed E-state index contributed by atoms with van der Waals surface area (Å²) in [6.45, 7) is 14.1. The van der Waals surface area contributed by atoms with Crippen LogP contribution in [0.3, 0.4) is 0 Å². The molecule has 0 aliphatic carbocycles. The van der Waals surface area contributed by atoms with Crippen LogP contribution in [0.4, 0.5) is 0 Å². The Balaban J connectivity index is 2.14. The van der Waals surface area contributed by atoms with E-state index >= 15 is 0 Å². The van der Waals surface area contributed by atoms with Crippen LogP contribution in [-0.4, -0.2) is 11.7 Å². The van der Waals surface area contributed by atoms with Gasteiger partial charge in [-0.1, -0.05) is 36.5 Å². The van der Waals surface area contributed by atoms with E-state index in [0.717, 1.165) is 31.3 Å². The van der Waals surface area contributed by atoms with Crippen LogP contribution in [0.5, 0.6) is 0 Å². The lowest BCUT2D eigenvalue weighted by Crippen LogP contribution is -2.02. The molecule has 1 aliphatic rings. The van der Waals surface area contributed by atoms with Crippen LogP contribution in [0.15, 0.2) is 36.5 Å². The summed E-state index contributed by atoms with van der Waals surface area (Å²) < 4.78 is 5.56. The summed E-state index contributed by atoms with van der Waals surface area (Å²) in [6.07, 6.45) is 9.01. The van der Waals surface area contributed by atoms with Crippen molar-refractivity contribution in [2.24, 2.45) is 0 Å². The molecule has 1 rings (SSSR count). The topological polar surface area (TPSA) is 12.5 Å². The van der Waals surface area contributed by atoms with Crippen molar-refractivity contribution in [3.63, 3.8) is 0 Å². The smallest absolute Gasteiger partial charge is 0.0892 e. The van der Waals surface area contributed by atoms with Crippen LogP contribution in [-0.2, 0) is 4.74 Å². The average Bonchev–Trinajstić information content (AvgIpc) is 2.83. The third-order valence-corrected chi connectivity index (χ3v) is 3.21.